The van der Waals surface area contributed by atoms with Gasteiger partial charge in [0.05, 0.1) is 5.41 Å². The molecule has 0 aromatic heterocycles. The minimum absolute atomic E-state index is 0.231. The number of piperidine rings is 1. The summed E-state index contributed by atoms with van der Waals surface area (Å²) in [6.07, 6.45) is 6.31. The highest BCUT2D eigenvalue weighted by molar-refractivity contribution is 5.88. The maximum Gasteiger partial charge on any atom is 0.233 e. The molecule has 3 rings (SSSR count). The molecule has 0 spiro atoms. The van der Waals surface area contributed by atoms with Gasteiger partial charge < -0.3 is 4.90 Å². The summed E-state index contributed by atoms with van der Waals surface area (Å²) in [5.41, 5.74) is 0.606. The third-order valence-corrected chi connectivity index (χ3v) is 5.21. The van der Waals surface area contributed by atoms with Gasteiger partial charge in [0.1, 0.15) is 5.82 Å². The maximum absolute atomic E-state index is 13.2. The summed E-state index contributed by atoms with van der Waals surface area (Å²) in [6.45, 7) is 3.98. The molecule has 2 fully saturated rings. The number of benzene rings is 1. The zero-order valence-corrected chi connectivity index (χ0v) is 12.8. The molecule has 2 nitrogen and oxygen atoms in total. The van der Waals surface area contributed by atoms with Gasteiger partial charge in [-0.15, -0.1) is 0 Å². The molecule has 0 radical (unpaired) electrons. The van der Waals surface area contributed by atoms with Crippen molar-refractivity contribution in [2.75, 3.05) is 13.1 Å². The second kappa shape index (κ2) is 5.78. The van der Waals surface area contributed by atoms with Crippen molar-refractivity contribution in [3.05, 3.63) is 35.6 Å². The van der Waals surface area contributed by atoms with Crippen LogP contribution in [0.15, 0.2) is 24.3 Å². The van der Waals surface area contributed by atoms with E-state index in [4.69, 9.17) is 0 Å². The van der Waals surface area contributed by atoms with Crippen molar-refractivity contribution in [3.63, 3.8) is 0 Å². The highest BCUT2D eigenvalue weighted by atomic mass is 19.1. The van der Waals surface area contributed by atoms with Crippen molar-refractivity contribution in [2.45, 2.75) is 50.9 Å². The molecule has 21 heavy (non-hydrogen) atoms. The third kappa shape index (κ3) is 2.70. The molecular weight excluding hydrogens is 265 g/mol. The van der Waals surface area contributed by atoms with Gasteiger partial charge in [0.25, 0.3) is 0 Å². The molecular formula is C18H24FNO. The highest BCUT2D eigenvalue weighted by Gasteiger charge is 2.45. The van der Waals surface area contributed by atoms with Crippen LogP contribution < -0.4 is 0 Å². The van der Waals surface area contributed by atoms with Crippen molar-refractivity contribution in [1.29, 1.82) is 0 Å². The Morgan fingerprint density at radius 2 is 1.86 bits per heavy atom. The van der Waals surface area contributed by atoms with Gasteiger partial charge in [-0.2, -0.15) is 0 Å². The van der Waals surface area contributed by atoms with E-state index >= 15 is 0 Å². The number of nitrogens with zero attached hydrogens (tertiary/aromatic N) is 1. The van der Waals surface area contributed by atoms with Gasteiger partial charge in [-0.3, -0.25) is 4.79 Å². The first-order valence-electron chi connectivity index (χ1n) is 8.17. The fraction of sp³-hybridized carbons (Fsp3) is 0.611. The molecule has 1 aliphatic carbocycles. The Hall–Kier alpha value is -1.38. The molecule has 114 valence electrons. The van der Waals surface area contributed by atoms with Crippen LogP contribution in [-0.4, -0.2) is 23.9 Å². The summed E-state index contributed by atoms with van der Waals surface area (Å²) in [4.78, 5) is 15.2. The largest absolute Gasteiger partial charge is 0.342 e. The maximum atomic E-state index is 13.2. The number of hydrogen-bond acceptors (Lipinski definition) is 1. The van der Waals surface area contributed by atoms with Gasteiger partial charge in [-0.05, 0) is 49.3 Å². The minimum Gasteiger partial charge on any atom is -0.342 e. The van der Waals surface area contributed by atoms with Crippen LogP contribution in [0.3, 0.4) is 0 Å². The topological polar surface area (TPSA) is 20.3 Å². The van der Waals surface area contributed by atoms with Crippen molar-refractivity contribution in [3.8, 4) is 0 Å². The summed E-state index contributed by atoms with van der Waals surface area (Å²) in [7, 11) is 0. The van der Waals surface area contributed by atoms with Gasteiger partial charge in [0, 0.05) is 13.1 Å². The number of amides is 1. The van der Waals surface area contributed by atoms with E-state index in [1.165, 1.54) is 18.6 Å². The van der Waals surface area contributed by atoms with E-state index in [0.717, 1.165) is 50.8 Å². The highest BCUT2D eigenvalue weighted by Crippen LogP contribution is 2.43. The zero-order chi connectivity index (χ0) is 14.9. The van der Waals surface area contributed by atoms with Crippen molar-refractivity contribution in [1.82, 2.24) is 4.90 Å². The molecule has 1 aromatic rings. The van der Waals surface area contributed by atoms with E-state index in [2.05, 4.69) is 11.8 Å². The lowest BCUT2D eigenvalue weighted by atomic mass is 9.77. The molecule has 1 saturated heterocycles. The lowest BCUT2D eigenvalue weighted by molar-refractivity contribution is -0.139. The summed E-state index contributed by atoms with van der Waals surface area (Å²) >= 11 is 0. The SMILES string of the molecule is CC1CCCN(C(=O)C2(c3ccc(F)cc3)CCCC2)C1. The lowest BCUT2D eigenvalue weighted by Crippen LogP contribution is -2.49. The van der Waals surface area contributed by atoms with Crippen molar-refractivity contribution in [2.24, 2.45) is 5.92 Å². The summed E-state index contributed by atoms with van der Waals surface area (Å²) in [6, 6.07) is 6.60. The first-order valence-corrected chi connectivity index (χ1v) is 8.17. The Labute approximate surface area is 126 Å². The molecule has 1 saturated carbocycles. The van der Waals surface area contributed by atoms with Gasteiger partial charge in [0.15, 0.2) is 0 Å². The molecule has 2 aliphatic rings. The van der Waals surface area contributed by atoms with Crippen LogP contribution in [0.5, 0.6) is 0 Å². The van der Waals surface area contributed by atoms with Gasteiger partial charge in [-0.1, -0.05) is 31.9 Å². The molecule has 0 N–H and O–H groups in total. The predicted octanol–water partition coefficient (Wildman–Crippen LogP) is 3.90. The van der Waals surface area contributed by atoms with Crippen LogP contribution >= 0.6 is 0 Å². The fourth-order valence-electron chi connectivity index (χ4n) is 4.05. The number of carbonyl (C=O) groups is 1. The average molecular weight is 289 g/mol. The fourth-order valence-corrected chi connectivity index (χ4v) is 4.05. The predicted molar refractivity (Wildman–Crippen MR) is 81.5 cm³/mol. The minimum atomic E-state index is -0.398. The number of likely N-dealkylation sites (tertiary alicyclic amines) is 1. The molecule has 1 aliphatic heterocycles. The summed E-state index contributed by atoms with van der Waals surface area (Å²) in [5.74, 6) is 0.637. The van der Waals surface area contributed by atoms with E-state index in [-0.39, 0.29) is 11.7 Å². The Balaban J connectivity index is 1.89. The van der Waals surface area contributed by atoms with Crippen LogP contribution in [0.25, 0.3) is 0 Å². The first kappa shape index (κ1) is 14.6. The van der Waals surface area contributed by atoms with Gasteiger partial charge in [0.2, 0.25) is 5.91 Å². The quantitative estimate of drug-likeness (QED) is 0.808. The molecule has 1 amide bonds. The summed E-state index contributed by atoms with van der Waals surface area (Å²) < 4.78 is 13.2. The van der Waals surface area contributed by atoms with Gasteiger partial charge >= 0.3 is 0 Å². The number of hydrogen-bond donors (Lipinski definition) is 0. The Morgan fingerprint density at radius 3 is 2.48 bits per heavy atom. The third-order valence-electron chi connectivity index (χ3n) is 5.21. The van der Waals surface area contributed by atoms with Crippen LogP contribution in [0.2, 0.25) is 0 Å². The molecule has 0 bridgehead atoms. The number of halogens is 1. The second-order valence-electron chi connectivity index (χ2n) is 6.79. The zero-order valence-electron chi connectivity index (χ0n) is 12.8. The number of carbonyl (C=O) groups excluding carboxylic acids is 1. The van der Waals surface area contributed by atoms with E-state index < -0.39 is 5.41 Å². The van der Waals surface area contributed by atoms with Crippen molar-refractivity contribution < 1.29 is 9.18 Å². The second-order valence-corrected chi connectivity index (χ2v) is 6.79. The Bertz CT molecular complexity index is 504. The Kier molecular flexibility index (Phi) is 4.01. The molecule has 1 unspecified atom stereocenters. The normalized spacial score (nSPS) is 25.0. The van der Waals surface area contributed by atoms with E-state index in [9.17, 15) is 9.18 Å². The monoisotopic (exact) mass is 289 g/mol. The molecule has 1 atom stereocenters. The van der Waals surface area contributed by atoms with E-state index in [1.807, 2.05) is 12.1 Å². The summed E-state index contributed by atoms with van der Waals surface area (Å²) in [5, 5.41) is 0. The first-order chi connectivity index (χ1) is 10.1. The van der Waals surface area contributed by atoms with Gasteiger partial charge in [-0.25, -0.2) is 4.39 Å². The Morgan fingerprint density at radius 1 is 1.19 bits per heavy atom. The lowest BCUT2D eigenvalue weighted by Gasteiger charge is -2.38. The number of rotatable bonds is 2. The van der Waals surface area contributed by atoms with Crippen LogP contribution in [0.1, 0.15) is 51.0 Å². The smallest absolute Gasteiger partial charge is 0.233 e. The van der Waals surface area contributed by atoms with Crippen molar-refractivity contribution >= 4 is 5.91 Å². The molecule has 3 heteroatoms. The standard InChI is InChI=1S/C18H24FNO/c1-14-5-4-12-20(13-14)17(21)18(10-2-3-11-18)15-6-8-16(19)9-7-15/h6-9,14H,2-5,10-13H2,1H3. The van der Waals surface area contributed by atoms with Crippen LogP contribution in [-0.2, 0) is 10.2 Å². The van der Waals surface area contributed by atoms with E-state index in [0.29, 0.717) is 5.92 Å². The van der Waals surface area contributed by atoms with E-state index in [1.54, 1.807) is 0 Å². The molecule has 1 aromatic carbocycles. The van der Waals surface area contributed by atoms with Crippen LogP contribution in [0.4, 0.5) is 4.39 Å². The molecule has 1 heterocycles. The average Bonchev–Trinajstić information content (AvgIpc) is 2.98. The van der Waals surface area contributed by atoms with Crippen LogP contribution in [0, 0.1) is 11.7 Å².